The number of hydrogen-bond acceptors (Lipinski definition) is 6. The van der Waals surface area contributed by atoms with E-state index < -0.39 is 10.0 Å². The third-order valence-electron chi connectivity index (χ3n) is 4.58. The van der Waals surface area contributed by atoms with Crippen LogP contribution in [0.5, 0.6) is 0 Å². The lowest BCUT2D eigenvalue weighted by Crippen LogP contribution is -2.42. The van der Waals surface area contributed by atoms with Gasteiger partial charge >= 0.3 is 0 Å². The molecular weight excluding hydrogens is 352 g/mol. The van der Waals surface area contributed by atoms with Gasteiger partial charge in [0.1, 0.15) is 0 Å². The van der Waals surface area contributed by atoms with Gasteiger partial charge in [0.25, 0.3) is 0 Å². The van der Waals surface area contributed by atoms with E-state index >= 15 is 0 Å². The first-order valence-corrected chi connectivity index (χ1v) is 10.3. The molecular formula is C17H20N6O2S. The van der Waals surface area contributed by atoms with E-state index in [-0.39, 0.29) is 6.04 Å². The van der Waals surface area contributed by atoms with Crippen LogP contribution in [0.1, 0.15) is 12.8 Å². The summed E-state index contributed by atoms with van der Waals surface area (Å²) in [5.74, 6) is 0.531. The number of rotatable bonds is 4. The largest absolute Gasteiger partial charge is 0.350 e. The van der Waals surface area contributed by atoms with Gasteiger partial charge in [0.05, 0.1) is 29.4 Å². The minimum Gasteiger partial charge on any atom is -0.350 e. The van der Waals surface area contributed by atoms with Gasteiger partial charge in [0.15, 0.2) is 0 Å². The van der Waals surface area contributed by atoms with Crippen LogP contribution in [0.4, 0.5) is 5.95 Å². The van der Waals surface area contributed by atoms with Crippen LogP contribution in [0.3, 0.4) is 0 Å². The molecule has 136 valence electrons. The summed E-state index contributed by atoms with van der Waals surface area (Å²) in [4.78, 5) is 8.76. The van der Waals surface area contributed by atoms with Crippen LogP contribution >= 0.6 is 0 Å². The fraction of sp³-hybridized carbons (Fsp3) is 0.353. The molecule has 0 bridgehead atoms. The Morgan fingerprint density at radius 2 is 1.92 bits per heavy atom. The molecule has 0 aromatic carbocycles. The topological polar surface area (TPSA) is 92.5 Å². The number of aromatic nitrogens is 4. The molecule has 4 rings (SSSR count). The van der Waals surface area contributed by atoms with Crippen molar-refractivity contribution >= 4 is 21.5 Å². The Morgan fingerprint density at radius 3 is 2.62 bits per heavy atom. The van der Waals surface area contributed by atoms with E-state index in [1.807, 2.05) is 34.8 Å². The monoisotopic (exact) mass is 372 g/mol. The second kappa shape index (κ2) is 6.65. The van der Waals surface area contributed by atoms with E-state index in [0.717, 1.165) is 29.7 Å². The van der Waals surface area contributed by atoms with Crippen molar-refractivity contribution in [2.45, 2.75) is 18.9 Å². The fourth-order valence-electron chi connectivity index (χ4n) is 3.19. The maximum atomic E-state index is 11.6. The van der Waals surface area contributed by atoms with Crippen molar-refractivity contribution in [1.29, 1.82) is 0 Å². The highest BCUT2D eigenvalue weighted by atomic mass is 32.2. The predicted octanol–water partition coefficient (Wildman–Crippen LogP) is 1.63. The van der Waals surface area contributed by atoms with E-state index in [9.17, 15) is 8.42 Å². The summed E-state index contributed by atoms with van der Waals surface area (Å²) >= 11 is 0. The van der Waals surface area contributed by atoms with Crippen LogP contribution in [0.25, 0.3) is 16.9 Å². The van der Waals surface area contributed by atoms with E-state index in [1.165, 1.54) is 10.6 Å². The highest BCUT2D eigenvalue weighted by molar-refractivity contribution is 7.88. The fourth-order valence-corrected chi connectivity index (χ4v) is 4.06. The Hall–Kier alpha value is -2.52. The number of sulfonamides is 1. The molecule has 0 unspecified atom stereocenters. The van der Waals surface area contributed by atoms with Crippen LogP contribution in [0, 0.1) is 0 Å². The summed E-state index contributed by atoms with van der Waals surface area (Å²) in [6, 6.07) is 9.85. The Morgan fingerprint density at radius 1 is 1.12 bits per heavy atom. The molecule has 3 aromatic heterocycles. The van der Waals surface area contributed by atoms with Crippen molar-refractivity contribution in [2.75, 3.05) is 24.7 Å². The lowest BCUT2D eigenvalue weighted by molar-refractivity contribution is 0.331. The van der Waals surface area contributed by atoms with Crippen molar-refractivity contribution in [3.8, 4) is 11.4 Å². The zero-order valence-electron chi connectivity index (χ0n) is 14.4. The van der Waals surface area contributed by atoms with Crippen LogP contribution in [-0.4, -0.2) is 57.7 Å². The average molecular weight is 372 g/mol. The van der Waals surface area contributed by atoms with Crippen LogP contribution in [0.15, 0.2) is 42.7 Å². The molecule has 1 aliphatic rings. The van der Waals surface area contributed by atoms with E-state index in [1.54, 1.807) is 12.4 Å². The SMILES string of the molecule is CS(=O)(=O)N1CCC(Nc2ncc3ccc(-c4ccccn4)n3n2)CC1. The molecule has 1 N–H and O–H groups in total. The number of hydrogen-bond donors (Lipinski definition) is 1. The number of pyridine rings is 1. The highest BCUT2D eigenvalue weighted by Gasteiger charge is 2.25. The summed E-state index contributed by atoms with van der Waals surface area (Å²) in [5.41, 5.74) is 2.64. The molecule has 0 radical (unpaired) electrons. The van der Waals surface area contributed by atoms with Crippen molar-refractivity contribution in [3.05, 3.63) is 42.7 Å². The molecule has 1 fully saturated rings. The number of nitrogens with zero attached hydrogens (tertiary/aromatic N) is 5. The number of piperidine rings is 1. The first-order chi connectivity index (χ1) is 12.5. The lowest BCUT2D eigenvalue weighted by atomic mass is 10.1. The molecule has 3 aromatic rings. The minimum atomic E-state index is -3.12. The van der Waals surface area contributed by atoms with Gasteiger partial charge in [-0.1, -0.05) is 6.07 Å². The molecule has 0 amide bonds. The molecule has 0 aliphatic carbocycles. The Bertz CT molecular complexity index is 1010. The number of fused-ring (bicyclic) bond motifs is 1. The summed E-state index contributed by atoms with van der Waals surface area (Å²) in [6.45, 7) is 1.03. The summed E-state index contributed by atoms with van der Waals surface area (Å²) < 4.78 is 26.6. The second-order valence-corrected chi connectivity index (χ2v) is 8.42. The first-order valence-electron chi connectivity index (χ1n) is 8.48. The zero-order chi connectivity index (χ0) is 18.1. The molecule has 0 atom stereocenters. The molecule has 1 aliphatic heterocycles. The third-order valence-corrected chi connectivity index (χ3v) is 5.89. The smallest absolute Gasteiger partial charge is 0.241 e. The van der Waals surface area contributed by atoms with Crippen LogP contribution < -0.4 is 5.32 Å². The Kier molecular flexibility index (Phi) is 4.33. The predicted molar refractivity (Wildman–Crippen MR) is 99.3 cm³/mol. The van der Waals surface area contributed by atoms with Gasteiger partial charge in [-0.05, 0) is 37.1 Å². The van der Waals surface area contributed by atoms with Gasteiger partial charge in [-0.3, -0.25) is 4.98 Å². The average Bonchev–Trinajstić information content (AvgIpc) is 3.05. The van der Waals surface area contributed by atoms with Crippen LogP contribution in [-0.2, 0) is 10.0 Å². The molecule has 1 saturated heterocycles. The van der Waals surface area contributed by atoms with Gasteiger partial charge in [-0.25, -0.2) is 22.2 Å². The maximum Gasteiger partial charge on any atom is 0.241 e. The van der Waals surface area contributed by atoms with Gasteiger partial charge in [0.2, 0.25) is 16.0 Å². The molecule has 8 nitrogen and oxygen atoms in total. The van der Waals surface area contributed by atoms with Gasteiger partial charge in [-0.15, -0.1) is 5.10 Å². The number of nitrogens with one attached hydrogen (secondary N) is 1. The summed E-state index contributed by atoms with van der Waals surface area (Å²) in [5, 5.41) is 7.92. The Balaban J connectivity index is 1.53. The van der Waals surface area contributed by atoms with Gasteiger partial charge in [0, 0.05) is 25.3 Å². The number of anilines is 1. The van der Waals surface area contributed by atoms with Crippen molar-refractivity contribution in [3.63, 3.8) is 0 Å². The van der Waals surface area contributed by atoms with Crippen molar-refractivity contribution in [2.24, 2.45) is 0 Å². The normalized spacial score (nSPS) is 16.8. The molecule has 26 heavy (non-hydrogen) atoms. The quantitative estimate of drug-likeness (QED) is 0.748. The lowest BCUT2D eigenvalue weighted by Gasteiger charge is -2.30. The molecule has 9 heteroatoms. The van der Waals surface area contributed by atoms with E-state index in [2.05, 4.69) is 20.4 Å². The van der Waals surface area contributed by atoms with Crippen molar-refractivity contribution in [1.82, 2.24) is 23.9 Å². The first kappa shape index (κ1) is 16.9. The maximum absolute atomic E-state index is 11.6. The van der Waals surface area contributed by atoms with E-state index in [4.69, 9.17) is 0 Å². The standard InChI is InChI=1S/C17H20N6O2S/c1-26(24,25)22-10-7-13(8-11-22)20-17-19-12-14-5-6-16(23(14)21-17)15-4-2-3-9-18-15/h2-6,9,12-13H,7-8,10-11H2,1H3,(H,20,21). The molecule has 0 spiro atoms. The summed E-state index contributed by atoms with van der Waals surface area (Å²) in [7, 11) is -3.12. The van der Waals surface area contributed by atoms with Crippen molar-refractivity contribution < 1.29 is 8.42 Å². The second-order valence-electron chi connectivity index (χ2n) is 6.43. The highest BCUT2D eigenvalue weighted by Crippen LogP contribution is 2.21. The Labute approximate surface area is 151 Å². The van der Waals surface area contributed by atoms with Crippen LogP contribution in [0.2, 0.25) is 0 Å². The van der Waals surface area contributed by atoms with Gasteiger partial charge in [-0.2, -0.15) is 0 Å². The van der Waals surface area contributed by atoms with E-state index in [0.29, 0.717) is 19.0 Å². The minimum absolute atomic E-state index is 0.152. The molecule has 0 saturated carbocycles. The third kappa shape index (κ3) is 3.40. The summed E-state index contributed by atoms with van der Waals surface area (Å²) in [6.07, 6.45) is 6.24. The zero-order valence-corrected chi connectivity index (χ0v) is 15.2. The van der Waals surface area contributed by atoms with Gasteiger partial charge < -0.3 is 5.32 Å². The molecule has 4 heterocycles.